The van der Waals surface area contributed by atoms with Gasteiger partial charge in [-0.05, 0) is 0 Å². The Balaban J connectivity index is 2.03. The van der Waals surface area contributed by atoms with Crippen LogP contribution in [0.5, 0.6) is 0 Å². The fourth-order valence-corrected chi connectivity index (χ4v) is 14.4. The third-order valence-corrected chi connectivity index (χ3v) is 13.7. The molecule has 2 radical (unpaired) electrons. The Morgan fingerprint density at radius 1 is 0.625 bits per heavy atom. The summed E-state index contributed by atoms with van der Waals surface area (Å²) in [7, 11) is 0. The summed E-state index contributed by atoms with van der Waals surface area (Å²) in [6, 6.07) is 0. The standard InChI is InChI=1S/C14H10Ge2/c1-3-11-5-10-16-8-2-4-12-6-9-15(7-1)13(11)14(12)16/h1-10H. The van der Waals surface area contributed by atoms with Crippen LogP contribution in [0.1, 0.15) is 0 Å². The van der Waals surface area contributed by atoms with Gasteiger partial charge in [-0.1, -0.05) is 0 Å². The van der Waals surface area contributed by atoms with Crippen LogP contribution in [0.25, 0.3) is 0 Å². The van der Waals surface area contributed by atoms with E-state index in [0.717, 1.165) is 0 Å². The monoisotopic (exact) mass is 326 g/mol. The van der Waals surface area contributed by atoms with E-state index >= 15 is 0 Å². The van der Waals surface area contributed by atoms with Gasteiger partial charge in [0.25, 0.3) is 0 Å². The van der Waals surface area contributed by atoms with E-state index in [1.807, 2.05) is 0 Å². The summed E-state index contributed by atoms with van der Waals surface area (Å²) in [6.07, 6.45) is 13.9. The molecule has 0 N–H and O–H groups in total. The van der Waals surface area contributed by atoms with Crippen LogP contribution < -0.4 is 0 Å². The maximum absolute atomic E-state index is 2.50. The van der Waals surface area contributed by atoms with Gasteiger partial charge in [0.15, 0.2) is 0 Å². The SMILES string of the molecule is C1=[CH][Ge]2[CH]=CC3=CC=[CH][Ge]4[CH]=CC(=C1)[C]2=[C]34. The maximum atomic E-state index is 2.50. The second-order valence-electron chi connectivity index (χ2n) is 4.29. The molecule has 0 saturated carbocycles. The predicted molar refractivity (Wildman–Crippen MR) is 71.3 cm³/mol. The Labute approximate surface area is 104 Å². The fourth-order valence-electron chi connectivity index (χ4n) is 2.67. The van der Waals surface area contributed by atoms with Crippen molar-refractivity contribution in [3.05, 3.63) is 76.0 Å². The topological polar surface area (TPSA) is 0 Å². The number of allylic oxidation sites excluding steroid dienone is 10. The molecule has 0 amide bonds. The molecule has 0 bridgehead atoms. The molecular weight excluding hydrogens is 313 g/mol. The zero-order valence-corrected chi connectivity index (χ0v) is 13.0. The molecule has 0 saturated heterocycles. The summed E-state index contributed by atoms with van der Waals surface area (Å²) in [5.74, 6) is 0. The second-order valence-corrected chi connectivity index (χ2v) is 13.0. The van der Waals surface area contributed by atoms with E-state index in [0.29, 0.717) is 0 Å². The van der Waals surface area contributed by atoms with Gasteiger partial charge in [0.05, 0.1) is 0 Å². The first-order valence-corrected chi connectivity index (χ1v) is 12.5. The molecule has 0 fully saturated rings. The van der Waals surface area contributed by atoms with Crippen molar-refractivity contribution in [1.82, 2.24) is 0 Å². The van der Waals surface area contributed by atoms with Crippen molar-refractivity contribution in [2.24, 2.45) is 0 Å². The number of hydrogen-bond acceptors (Lipinski definition) is 0. The molecule has 0 unspecified atom stereocenters. The molecule has 4 rings (SSSR count). The summed E-state index contributed by atoms with van der Waals surface area (Å²) in [6.45, 7) is 0. The van der Waals surface area contributed by atoms with Crippen LogP contribution in [0, 0.1) is 0 Å². The third kappa shape index (κ3) is 1.17. The van der Waals surface area contributed by atoms with Gasteiger partial charge in [-0.3, -0.25) is 0 Å². The first kappa shape index (κ1) is 9.31. The first-order chi connectivity index (χ1) is 7.93. The van der Waals surface area contributed by atoms with Crippen molar-refractivity contribution < 1.29 is 0 Å². The van der Waals surface area contributed by atoms with Gasteiger partial charge >= 0.3 is 105 Å². The van der Waals surface area contributed by atoms with E-state index in [1.54, 1.807) is 8.81 Å². The Morgan fingerprint density at radius 3 is 1.62 bits per heavy atom. The normalized spacial score (nSPS) is 25.8. The minimum absolute atomic E-state index is 1.19. The fraction of sp³-hybridized carbons (Fsp3) is 0. The molecule has 0 nitrogen and oxygen atoms in total. The van der Waals surface area contributed by atoms with Gasteiger partial charge in [0.1, 0.15) is 0 Å². The van der Waals surface area contributed by atoms with Crippen LogP contribution >= 0.6 is 0 Å². The molecule has 0 aromatic heterocycles. The second kappa shape index (κ2) is 3.38. The van der Waals surface area contributed by atoms with Crippen LogP contribution in [-0.4, -0.2) is 28.7 Å². The molecule has 0 atom stereocenters. The summed E-state index contributed by atoms with van der Waals surface area (Å²) >= 11 is -2.39. The summed E-state index contributed by atoms with van der Waals surface area (Å²) in [5, 5.41) is 0. The minimum atomic E-state index is -1.19. The number of rotatable bonds is 0. The average molecular weight is 323 g/mol. The van der Waals surface area contributed by atoms with E-state index in [4.69, 9.17) is 0 Å². The van der Waals surface area contributed by atoms with Crippen molar-refractivity contribution in [1.29, 1.82) is 0 Å². The van der Waals surface area contributed by atoms with Gasteiger partial charge < -0.3 is 0 Å². The third-order valence-electron chi connectivity index (χ3n) is 3.39. The molecule has 0 spiro atoms. The van der Waals surface area contributed by atoms with E-state index in [2.05, 4.69) is 56.1 Å². The molecule has 0 aromatic rings. The average Bonchev–Trinajstić information content (AvgIpc) is 2.36. The van der Waals surface area contributed by atoms with Gasteiger partial charge in [0, 0.05) is 0 Å². The molecule has 74 valence electrons. The van der Waals surface area contributed by atoms with Crippen LogP contribution in [0.4, 0.5) is 0 Å². The van der Waals surface area contributed by atoms with E-state index in [1.165, 1.54) is 11.1 Å². The molecule has 4 aliphatic heterocycles. The van der Waals surface area contributed by atoms with Crippen LogP contribution in [0.15, 0.2) is 76.0 Å². The molecule has 4 aliphatic rings. The van der Waals surface area contributed by atoms with Crippen molar-refractivity contribution in [2.75, 3.05) is 0 Å². The number of hydrogen-bond donors (Lipinski definition) is 0. The van der Waals surface area contributed by atoms with Gasteiger partial charge in [0.2, 0.25) is 0 Å². The summed E-state index contributed by atoms with van der Waals surface area (Å²) < 4.78 is 3.52. The molecule has 0 aliphatic carbocycles. The van der Waals surface area contributed by atoms with Crippen molar-refractivity contribution in [3.63, 3.8) is 0 Å². The Kier molecular flexibility index (Phi) is 1.97. The molecular formula is C14H10Ge2. The molecule has 2 heteroatoms. The molecule has 16 heavy (non-hydrogen) atoms. The van der Waals surface area contributed by atoms with Crippen molar-refractivity contribution in [2.45, 2.75) is 0 Å². The van der Waals surface area contributed by atoms with Crippen LogP contribution in [0.2, 0.25) is 0 Å². The first-order valence-electron chi connectivity index (χ1n) is 5.56. The summed E-state index contributed by atoms with van der Waals surface area (Å²) in [5.41, 5.74) is 3.02. The van der Waals surface area contributed by atoms with E-state index in [9.17, 15) is 0 Å². The van der Waals surface area contributed by atoms with Gasteiger partial charge in [-0.2, -0.15) is 0 Å². The van der Waals surface area contributed by atoms with Gasteiger partial charge in [-0.15, -0.1) is 0 Å². The zero-order chi connectivity index (χ0) is 10.5. The summed E-state index contributed by atoms with van der Waals surface area (Å²) in [4.78, 5) is 9.96. The van der Waals surface area contributed by atoms with E-state index in [-0.39, 0.29) is 0 Å². The van der Waals surface area contributed by atoms with Crippen LogP contribution in [-0.2, 0) is 0 Å². The predicted octanol–water partition coefficient (Wildman–Crippen LogP) is 2.64. The van der Waals surface area contributed by atoms with Crippen molar-refractivity contribution >= 4 is 28.7 Å². The van der Waals surface area contributed by atoms with Gasteiger partial charge in [-0.25, -0.2) is 0 Å². The Hall–Kier alpha value is -0.734. The molecule has 4 heterocycles. The Morgan fingerprint density at radius 2 is 1.12 bits per heavy atom. The molecule has 0 aromatic carbocycles. The van der Waals surface area contributed by atoms with Crippen molar-refractivity contribution in [3.8, 4) is 0 Å². The zero-order valence-electron chi connectivity index (χ0n) is 8.77. The quantitative estimate of drug-likeness (QED) is 0.601. The van der Waals surface area contributed by atoms with Crippen LogP contribution in [0.3, 0.4) is 0 Å². The Bertz CT molecular complexity index is 528. The van der Waals surface area contributed by atoms with E-state index < -0.39 is 28.7 Å².